The van der Waals surface area contributed by atoms with E-state index < -0.39 is 12.1 Å². The Labute approximate surface area is 156 Å². The number of benzene rings is 2. The van der Waals surface area contributed by atoms with Crippen LogP contribution in [0.25, 0.3) is 11.0 Å². The summed E-state index contributed by atoms with van der Waals surface area (Å²) in [6.45, 7) is 0. The molecule has 27 heavy (non-hydrogen) atoms. The van der Waals surface area contributed by atoms with Crippen LogP contribution in [-0.4, -0.2) is 53.4 Å². The van der Waals surface area contributed by atoms with Crippen molar-refractivity contribution in [3.63, 3.8) is 0 Å². The summed E-state index contributed by atoms with van der Waals surface area (Å²) in [5, 5.41) is 22.8. The average Bonchev–Trinajstić information content (AvgIpc) is 3.19. The fourth-order valence-electron chi connectivity index (χ4n) is 3.42. The first-order valence-corrected chi connectivity index (χ1v) is 8.50. The molecule has 1 aliphatic heterocycles. The summed E-state index contributed by atoms with van der Waals surface area (Å²) >= 11 is 0. The Morgan fingerprint density at radius 3 is 2.41 bits per heavy atom. The summed E-state index contributed by atoms with van der Waals surface area (Å²) in [4.78, 5) is 7.79. The monoisotopic (exact) mass is 367 g/mol. The topological polar surface area (TPSA) is 97.7 Å². The number of anilines is 1. The number of amidine groups is 1. The minimum Gasteiger partial charge on any atom is -0.497 e. The first kappa shape index (κ1) is 17.2. The molecule has 1 aliphatic rings. The zero-order chi connectivity index (χ0) is 19.1. The van der Waals surface area contributed by atoms with Crippen LogP contribution >= 0.6 is 0 Å². The van der Waals surface area contributed by atoms with Gasteiger partial charge < -0.3 is 19.6 Å². The largest absolute Gasteiger partial charge is 0.497 e. The molecule has 0 saturated carbocycles. The highest BCUT2D eigenvalue weighted by atomic mass is 16.5. The van der Waals surface area contributed by atoms with Crippen LogP contribution in [0.3, 0.4) is 0 Å². The zero-order valence-corrected chi connectivity index (χ0v) is 15.3. The molecule has 2 atom stereocenters. The van der Waals surface area contributed by atoms with E-state index in [0.717, 1.165) is 11.0 Å². The maximum absolute atomic E-state index is 11.1. The van der Waals surface area contributed by atoms with Crippen molar-refractivity contribution in [2.75, 3.05) is 26.3 Å². The molecule has 2 aromatic carbocycles. The van der Waals surface area contributed by atoms with Gasteiger partial charge in [0.1, 0.15) is 29.1 Å². The lowest BCUT2D eigenvalue weighted by Gasteiger charge is -2.30. The summed E-state index contributed by atoms with van der Waals surface area (Å²) in [5.41, 5.74) is 2.33. The predicted molar refractivity (Wildman–Crippen MR) is 102 cm³/mol. The Morgan fingerprint density at radius 2 is 1.78 bits per heavy atom. The maximum atomic E-state index is 11.1. The first-order valence-electron chi connectivity index (χ1n) is 8.50. The van der Waals surface area contributed by atoms with Gasteiger partial charge in [-0.3, -0.25) is 15.4 Å². The lowest BCUT2D eigenvalue weighted by atomic mass is 10.1. The summed E-state index contributed by atoms with van der Waals surface area (Å²) in [6.07, 6.45) is -1.00. The molecule has 3 N–H and O–H groups in total. The molecule has 0 bridgehead atoms. The van der Waals surface area contributed by atoms with E-state index in [0.29, 0.717) is 23.0 Å². The van der Waals surface area contributed by atoms with E-state index in [1.807, 2.05) is 24.3 Å². The van der Waals surface area contributed by atoms with Gasteiger partial charge in [-0.2, -0.15) is 0 Å². The minimum absolute atomic E-state index is 0.239. The zero-order valence-electron chi connectivity index (χ0n) is 15.3. The molecule has 1 fully saturated rings. The van der Waals surface area contributed by atoms with Crippen LogP contribution in [0.4, 0.5) is 5.69 Å². The highest BCUT2D eigenvalue weighted by Crippen LogP contribution is 2.38. The number of aromatic nitrogens is 2. The molecule has 140 valence electrons. The Morgan fingerprint density at radius 1 is 1.11 bits per heavy atom. The Hall–Kier alpha value is -3.26. The van der Waals surface area contributed by atoms with Crippen molar-refractivity contribution in [3.05, 3.63) is 48.3 Å². The summed E-state index contributed by atoms with van der Waals surface area (Å²) in [6, 6.07) is 13.0. The number of H-pyrrole nitrogens is 1. The number of nitrogens with zero attached hydrogens (tertiary/aromatic N) is 3. The number of hydrogen-bond acceptors (Lipinski definition) is 6. The Kier molecular flexibility index (Phi) is 4.12. The molecule has 8 nitrogen and oxygen atoms in total. The molecule has 1 saturated heterocycles. The van der Waals surface area contributed by atoms with E-state index >= 15 is 0 Å². The highest BCUT2D eigenvalue weighted by Gasteiger charge is 2.44. The number of likely N-dealkylation sites (N-methyl/N-ethyl adjacent to an activating group) is 1. The van der Waals surface area contributed by atoms with Crippen LogP contribution in [0.15, 0.2) is 42.5 Å². The number of hydrazine groups is 1. The Balaban J connectivity index is 1.75. The second-order valence-corrected chi connectivity index (χ2v) is 6.35. The van der Waals surface area contributed by atoms with Gasteiger partial charge in [0, 0.05) is 25.2 Å². The summed E-state index contributed by atoms with van der Waals surface area (Å²) in [5.74, 6) is 1.38. The number of hydrogen-bond donors (Lipinski definition) is 3. The third-order valence-electron chi connectivity index (χ3n) is 4.82. The number of aliphatic hydroxyl groups excluding tert-OH is 1. The van der Waals surface area contributed by atoms with Crippen molar-refractivity contribution in [2.45, 2.75) is 12.1 Å². The maximum Gasteiger partial charge on any atom is 0.162 e. The van der Waals surface area contributed by atoms with Crippen LogP contribution < -0.4 is 14.5 Å². The number of aromatic amines is 1. The number of aliphatic hydroxyl groups is 1. The van der Waals surface area contributed by atoms with Crippen molar-refractivity contribution in [1.29, 1.82) is 5.41 Å². The molecule has 3 aromatic rings. The van der Waals surface area contributed by atoms with Gasteiger partial charge >= 0.3 is 0 Å². The van der Waals surface area contributed by atoms with E-state index in [2.05, 4.69) is 9.97 Å². The molecule has 1 aromatic heterocycles. The third-order valence-corrected chi connectivity index (χ3v) is 4.82. The number of rotatable bonds is 4. The van der Waals surface area contributed by atoms with E-state index in [9.17, 15) is 5.11 Å². The van der Waals surface area contributed by atoms with Gasteiger partial charge in [-0.15, -0.1) is 0 Å². The standard InChI is InChI=1S/C19H21N5O3/c1-23-17(20)16(18-21-14-6-4-5-7-15(14)22-18)19(25)24(23)11-8-12(26-2)10-13(9-11)27-3/h4-10,16,19-20,25H,1-3H3,(H,21,22). The second kappa shape index (κ2) is 6.48. The number of ether oxygens (including phenoxy) is 2. The Bertz CT molecular complexity index is 947. The van der Waals surface area contributed by atoms with Crippen LogP contribution in [0.1, 0.15) is 11.7 Å². The molecule has 2 unspecified atom stereocenters. The van der Waals surface area contributed by atoms with Gasteiger partial charge in [0.05, 0.1) is 30.9 Å². The highest BCUT2D eigenvalue weighted by molar-refractivity contribution is 5.92. The minimum atomic E-state index is -1.00. The number of fused-ring (bicyclic) bond motifs is 1. The molecule has 2 heterocycles. The van der Waals surface area contributed by atoms with Crippen molar-refractivity contribution in [3.8, 4) is 11.5 Å². The smallest absolute Gasteiger partial charge is 0.162 e. The third kappa shape index (κ3) is 2.74. The fraction of sp³-hybridized carbons (Fsp3) is 0.263. The van der Waals surface area contributed by atoms with Gasteiger partial charge in [-0.25, -0.2) is 4.98 Å². The van der Waals surface area contributed by atoms with E-state index in [4.69, 9.17) is 14.9 Å². The summed E-state index contributed by atoms with van der Waals surface area (Å²) in [7, 11) is 4.88. The van der Waals surface area contributed by atoms with Gasteiger partial charge in [0.25, 0.3) is 0 Å². The normalized spacial score (nSPS) is 19.8. The lowest BCUT2D eigenvalue weighted by Crippen LogP contribution is -2.40. The molecule has 8 heteroatoms. The van der Waals surface area contributed by atoms with Crippen LogP contribution in [-0.2, 0) is 0 Å². The average molecular weight is 367 g/mol. The first-order chi connectivity index (χ1) is 13.0. The molecule has 0 radical (unpaired) electrons. The van der Waals surface area contributed by atoms with Crippen LogP contribution in [0, 0.1) is 5.41 Å². The van der Waals surface area contributed by atoms with Crippen LogP contribution in [0.2, 0.25) is 0 Å². The lowest BCUT2D eigenvalue weighted by molar-refractivity contribution is 0.149. The number of nitrogens with one attached hydrogen (secondary N) is 2. The van der Waals surface area contributed by atoms with Crippen molar-refractivity contribution in [2.24, 2.45) is 0 Å². The molecule has 0 aliphatic carbocycles. The number of methoxy groups -OCH3 is 2. The molecular weight excluding hydrogens is 346 g/mol. The van der Waals surface area contributed by atoms with Gasteiger partial charge in [0.2, 0.25) is 0 Å². The fourth-order valence-corrected chi connectivity index (χ4v) is 3.42. The van der Waals surface area contributed by atoms with Gasteiger partial charge in [0.15, 0.2) is 6.23 Å². The molecule has 0 spiro atoms. The number of imidazole rings is 1. The van der Waals surface area contributed by atoms with Crippen LogP contribution in [0.5, 0.6) is 11.5 Å². The predicted octanol–water partition coefficient (Wildman–Crippen LogP) is 2.33. The van der Waals surface area contributed by atoms with Crippen molar-refractivity contribution in [1.82, 2.24) is 15.0 Å². The SMILES string of the molecule is COc1cc(OC)cc(N2C(O)C(c3nc4ccccc4[nH]3)C(=N)N2C)c1. The molecule has 4 rings (SSSR count). The summed E-state index contributed by atoms with van der Waals surface area (Å²) < 4.78 is 10.7. The molecule has 0 amide bonds. The van der Waals surface area contributed by atoms with E-state index in [-0.39, 0.29) is 5.84 Å². The quantitative estimate of drug-likeness (QED) is 0.655. The van der Waals surface area contributed by atoms with Gasteiger partial charge in [-0.05, 0) is 12.1 Å². The van der Waals surface area contributed by atoms with Gasteiger partial charge in [-0.1, -0.05) is 12.1 Å². The molecular formula is C19H21N5O3. The van der Waals surface area contributed by atoms with Crippen molar-refractivity contribution >= 4 is 22.6 Å². The second-order valence-electron chi connectivity index (χ2n) is 6.35. The van der Waals surface area contributed by atoms with Crippen molar-refractivity contribution < 1.29 is 14.6 Å². The van der Waals surface area contributed by atoms with E-state index in [1.165, 1.54) is 0 Å². The van der Waals surface area contributed by atoms with E-state index in [1.54, 1.807) is 49.5 Å². The number of para-hydroxylation sites is 2.